The molecule has 0 aliphatic rings. The highest BCUT2D eigenvalue weighted by molar-refractivity contribution is 6.31. The van der Waals surface area contributed by atoms with Crippen molar-refractivity contribution in [2.24, 2.45) is 4.99 Å². The van der Waals surface area contributed by atoms with E-state index in [2.05, 4.69) is 9.98 Å². The van der Waals surface area contributed by atoms with E-state index in [-0.39, 0.29) is 17.9 Å². The summed E-state index contributed by atoms with van der Waals surface area (Å²) in [5.74, 6) is -0.710. The number of carbonyl (C=O) groups is 2. The highest BCUT2D eigenvalue weighted by Gasteiger charge is 2.18. The van der Waals surface area contributed by atoms with E-state index in [0.717, 1.165) is 5.56 Å². The van der Waals surface area contributed by atoms with Crippen molar-refractivity contribution in [1.82, 2.24) is 4.98 Å². The molecule has 8 heteroatoms. The first kappa shape index (κ1) is 22.0. The van der Waals surface area contributed by atoms with Crippen molar-refractivity contribution in [3.63, 3.8) is 0 Å². The number of nitrogens with zero attached hydrogens (tertiary/aromatic N) is 2. The van der Waals surface area contributed by atoms with E-state index in [1.165, 1.54) is 37.7 Å². The molecule has 1 unspecified atom stereocenters. The van der Waals surface area contributed by atoms with Gasteiger partial charge in [0.05, 0.1) is 12.7 Å². The topological polar surface area (TPSA) is 98.1 Å². The summed E-state index contributed by atoms with van der Waals surface area (Å²) in [4.78, 5) is 32.6. The molecular weight excluding hydrogens is 420 g/mol. The minimum absolute atomic E-state index is 0.133. The van der Waals surface area contributed by atoms with Gasteiger partial charge in [0.15, 0.2) is 6.04 Å². The van der Waals surface area contributed by atoms with Gasteiger partial charge < -0.3 is 14.6 Å². The number of phenolic OH excluding ortho intramolecular Hbond substituents is 1. The summed E-state index contributed by atoms with van der Waals surface area (Å²) in [6.45, 7) is 0. The van der Waals surface area contributed by atoms with E-state index in [4.69, 9.17) is 21.1 Å². The quantitative estimate of drug-likeness (QED) is 0.341. The van der Waals surface area contributed by atoms with Crippen molar-refractivity contribution in [3.8, 4) is 11.5 Å². The van der Waals surface area contributed by atoms with Crippen LogP contribution in [0.15, 0.2) is 72.0 Å². The van der Waals surface area contributed by atoms with E-state index in [9.17, 15) is 14.7 Å². The van der Waals surface area contributed by atoms with Gasteiger partial charge in [0.25, 0.3) is 0 Å². The molecule has 1 heterocycles. The molecule has 3 rings (SSSR count). The fraction of sp³-hybridized carbons (Fsp3) is 0.130. The van der Waals surface area contributed by atoms with Crippen LogP contribution in [0, 0.1) is 0 Å². The van der Waals surface area contributed by atoms with Gasteiger partial charge >= 0.3 is 11.9 Å². The molecule has 3 aromatic rings. The third kappa shape index (κ3) is 6.38. The number of rotatable bonds is 7. The predicted octanol–water partition coefficient (Wildman–Crippen LogP) is 3.86. The van der Waals surface area contributed by atoms with Gasteiger partial charge in [-0.25, -0.2) is 9.59 Å². The average molecular weight is 439 g/mol. The lowest BCUT2D eigenvalue weighted by atomic mass is 10.1. The third-order valence-electron chi connectivity index (χ3n) is 4.24. The van der Waals surface area contributed by atoms with Crippen LogP contribution in [0.5, 0.6) is 11.5 Å². The number of benzene rings is 2. The molecular formula is C23H19ClN2O5. The SMILES string of the molecule is COC(=O)C(Cc1ccc(O)cc1)N=Cc1cc(Cl)cc(OC(=O)c2cccnc2)c1. The van der Waals surface area contributed by atoms with Crippen molar-refractivity contribution >= 4 is 29.8 Å². The summed E-state index contributed by atoms with van der Waals surface area (Å²) >= 11 is 6.15. The number of methoxy groups -OCH3 is 1. The normalized spacial score (nSPS) is 11.8. The monoisotopic (exact) mass is 438 g/mol. The summed E-state index contributed by atoms with van der Waals surface area (Å²) in [6.07, 6.45) is 4.71. The van der Waals surface area contributed by atoms with Crippen LogP contribution in [0.3, 0.4) is 0 Å². The van der Waals surface area contributed by atoms with Crippen LogP contribution in [0.4, 0.5) is 0 Å². The molecule has 1 N–H and O–H groups in total. The Hall–Kier alpha value is -3.71. The molecule has 0 fully saturated rings. The Labute approximate surface area is 183 Å². The smallest absolute Gasteiger partial charge is 0.345 e. The number of carbonyl (C=O) groups excluding carboxylic acids is 2. The molecule has 0 amide bonds. The summed E-state index contributed by atoms with van der Waals surface area (Å²) in [6, 6.07) is 13.6. The molecule has 0 aliphatic carbocycles. The predicted molar refractivity (Wildman–Crippen MR) is 116 cm³/mol. The van der Waals surface area contributed by atoms with E-state index in [1.54, 1.807) is 42.6 Å². The average Bonchev–Trinajstić information content (AvgIpc) is 2.77. The lowest BCUT2D eigenvalue weighted by molar-refractivity contribution is -0.142. The minimum Gasteiger partial charge on any atom is -0.508 e. The second-order valence-electron chi connectivity index (χ2n) is 6.54. The number of ether oxygens (including phenoxy) is 2. The first-order chi connectivity index (χ1) is 14.9. The molecule has 0 saturated heterocycles. The van der Waals surface area contributed by atoms with Gasteiger partial charge in [-0.3, -0.25) is 9.98 Å². The van der Waals surface area contributed by atoms with Crippen LogP contribution in [0.25, 0.3) is 0 Å². The molecule has 0 radical (unpaired) electrons. The summed E-state index contributed by atoms with van der Waals surface area (Å²) < 4.78 is 10.2. The van der Waals surface area contributed by atoms with Gasteiger partial charge in [-0.15, -0.1) is 0 Å². The Morgan fingerprint density at radius 1 is 1.19 bits per heavy atom. The highest BCUT2D eigenvalue weighted by atomic mass is 35.5. The maximum atomic E-state index is 12.2. The van der Waals surface area contributed by atoms with Crippen molar-refractivity contribution in [3.05, 3.63) is 88.7 Å². The molecule has 0 aliphatic heterocycles. The molecule has 0 bridgehead atoms. The Morgan fingerprint density at radius 3 is 2.65 bits per heavy atom. The second-order valence-corrected chi connectivity index (χ2v) is 6.98. The van der Waals surface area contributed by atoms with Crippen LogP contribution in [0.1, 0.15) is 21.5 Å². The third-order valence-corrected chi connectivity index (χ3v) is 4.46. The van der Waals surface area contributed by atoms with Crippen LogP contribution in [0.2, 0.25) is 5.02 Å². The van der Waals surface area contributed by atoms with Gasteiger partial charge in [-0.2, -0.15) is 0 Å². The Bertz CT molecular complexity index is 1080. The molecule has 1 aromatic heterocycles. The first-order valence-corrected chi connectivity index (χ1v) is 9.64. The van der Waals surface area contributed by atoms with Gasteiger partial charge in [0.1, 0.15) is 11.5 Å². The van der Waals surface area contributed by atoms with E-state index >= 15 is 0 Å². The summed E-state index contributed by atoms with van der Waals surface area (Å²) in [5.41, 5.74) is 1.65. The molecule has 31 heavy (non-hydrogen) atoms. The van der Waals surface area contributed by atoms with Crippen LogP contribution < -0.4 is 4.74 Å². The van der Waals surface area contributed by atoms with E-state index in [0.29, 0.717) is 16.1 Å². The van der Waals surface area contributed by atoms with Gasteiger partial charge in [0.2, 0.25) is 0 Å². The van der Waals surface area contributed by atoms with Crippen LogP contribution in [-0.2, 0) is 16.0 Å². The summed E-state index contributed by atoms with van der Waals surface area (Å²) in [5, 5.41) is 9.75. The fourth-order valence-corrected chi connectivity index (χ4v) is 2.97. The molecule has 2 aromatic carbocycles. The van der Waals surface area contributed by atoms with Crippen molar-refractivity contribution in [1.29, 1.82) is 0 Å². The minimum atomic E-state index is -0.796. The summed E-state index contributed by atoms with van der Waals surface area (Å²) in [7, 11) is 1.29. The standard InChI is InChI=1S/C23H19ClN2O5/c1-30-23(29)21(11-15-4-6-19(27)7-5-15)26-13-16-9-18(24)12-20(10-16)31-22(28)17-3-2-8-25-14-17/h2-10,12-14,21,27H,11H2,1H3. The number of halogens is 1. The fourth-order valence-electron chi connectivity index (χ4n) is 2.73. The number of aromatic nitrogens is 1. The molecule has 1 atom stereocenters. The highest BCUT2D eigenvalue weighted by Crippen LogP contribution is 2.22. The number of aliphatic imine (C=N–C) groups is 1. The van der Waals surface area contributed by atoms with E-state index in [1.807, 2.05) is 0 Å². The second kappa shape index (κ2) is 10.4. The van der Waals surface area contributed by atoms with E-state index < -0.39 is 18.0 Å². The maximum absolute atomic E-state index is 12.2. The van der Waals surface area contributed by atoms with Gasteiger partial charge in [-0.05, 0) is 53.6 Å². The maximum Gasteiger partial charge on any atom is 0.345 e. The number of esters is 2. The van der Waals surface area contributed by atoms with Crippen LogP contribution >= 0.6 is 11.6 Å². The number of hydrogen-bond acceptors (Lipinski definition) is 7. The number of phenols is 1. The zero-order valence-electron chi connectivity index (χ0n) is 16.6. The largest absolute Gasteiger partial charge is 0.508 e. The molecule has 7 nitrogen and oxygen atoms in total. The van der Waals surface area contributed by atoms with Crippen molar-refractivity contribution in [2.75, 3.05) is 7.11 Å². The zero-order valence-corrected chi connectivity index (χ0v) is 17.3. The van der Waals surface area contributed by atoms with Crippen molar-refractivity contribution < 1.29 is 24.2 Å². The van der Waals surface area contributed by atoms with Crippen LogP contribution in [-0.4, -0.2) is 41.4 Å². The van der Waals surface area contributed by atoms with Gasteiger partial charge in [0, 0.05) is 30.1 Å². The Balaban J connectivity index is 1.77. The molecule has 0 saturated carbocycles. The number of aromatic hydroxyl groups is 1. The van der Waals surface area contributed by atoms with Crippen molar-refractivity contribution in [2.45, 2.75) is 12.5 Å². The Kier molecular flexibility index (Phi) is 7.35. The zero-order chi connectivity index (χ0) is 22.2. The first-order valence-electron chi connectivity index (χ1n) is 9.26. The lowest BCUT2D eigenvalue weighted by Crippen LogP contribution is -2.23. The lowest BCUT2D eigenvalue weighted by Gasteiger charge is -2.11. The number of hydrogen-bond donors (Lipinski definition) is 1. The molecule has 0 spiro atoms. The van der Waals surface area contributed by atoms with Gasteiger partial charge in [-0.1, -0.05) is 23.7 Å². The Morgan fingerprint density at radius 2 is 1.97 bits per heavy atom. The molecule has 158 valence electrons. The number of pyridine rings is 1.